The van der Waals surface area contributed by atoms with Gasteiger partial charge in [-0.15, -0.1) is 11.3 Å². The number of hydrogen-bond acceptors (Lipinski definition) is 4. The summed E-state index contributed by atoms with van der Waals surface area (Å²) in [6.07, 6.45) is 1.75. The standard InChI is InChI=1S/C12H10N4S2/c17-12-15-14-11(10-5-1-2-6-13-10)16(12)8-9-4-3-7-18-9/h1-7H,8H2,(H,15,17). The van der Waals surface area contributed by atoms with Gasteiger partial charge in [-0.1, -0.05) is 12.1 Å². The number of aromatic nitrogens is 4. The number of pyridine rings is 1. The average Bonchev–Trinajstić information content (AvgIpc) is 3.03. The van der Waals surface area contributed by atoms with E-state index >= 15 is 0 Å². The predicted octanol–water partition coefficient (Wildman–Crippen LogP) is 3.11. The average molecular weight is 274 g/mol. The Morgan fingerprint density at radius 2 is 2.22 bits per heavy atom. The summed E-state index contributed by atoms with van der Waals surface area (Å²) < 4.78 is 2.58. The molecule has 0 spiro atoms. The Kier molecular flexibility index (Phi) is 3.04. The highest BCUT2D eigenvalue weighted by molar-refractivity contribution is 7.71. The van der Waals surface area contributed by atoms with E-state index in [0.29, 0.717) is 4.77 Å². The third-order valence-electron chi connectivity index (χ3n) is 2.55. The van der Waals surface area contributed by atoms with E-state index in [1.807, 2.05) is 28.8 Å². The van der Waals surface area contributed by atoms with Gasteiger partial charge in [0.2, 0.25) is 0 Å². The third kappa shape index (κ3) is 2.12. The van der Waals surface area contributed by atoms with Crippen LogP contribution < -0.4 is 0 Å². The lowest BCUT2D eigenvalue weighted by Crippen LogP contribution is -2.01. The lowest BCUT2D eigenvalue weighted by atomic mass is 10.3. The Balaban J connectivity index is 2.04. The number of hydrogen-bond donors (Lipinski definition) is 1. The Hall–Kier alpha value is -1.79. The molecule has 4 nitrogen and oxygen atoms in total. The van der Waals surface area contributed by atoms with E-state index in [9.17, 15) is 0 Å². The molecule has 0 amide bonds. The zero-order valence-electron chi connectivity index (χ0n) is 9.41. The Morgan fingerprint density at radius 3 is 2.94 bits per heavy atom. The van der Waals surface area contributed by atoms with Crippen molar-refractivity contribution in [1.82, 2.24) is 19.7 Å². The van der Waals surface area contributed by atoms with Gasteiger partial charge in [0, 0.05) is 11.1 Å². The monoisotopic (exact) mass is 274 g/mol. The SMILES string of the molecule is S=c1[nH]nc(-c2ccccn2)n1Cc1cccs1. The van der Waals surface area contributed by atoms with Crippen molar-refractivity contribution < 1.29 is 0 Å². The first-order valence-electron chi connectivity index (χ1n) is 5.43. The van der Waals surface area contributed by atoms with Gasteiger partial charge < -0.3 is 0 Å². The lowest BCUT2D eigenvalue weighted by molar-refractivity contribution is 0.799. The second-order valence-corrected chi connectivity index (χ2v) is 5.15. The minimum Gasteiger partial charge on any atom is -0.294 e. The Bertz CT molecular complexity index is 682. The summed E-state index contributed by atoms with van der Waals surface area (Å²) >= 11 is 6.97. The summed E-state index contributed by atoms with van der Waals surface area (Å²) in [7, 11) is 0. The molecule has 0 atom stereocenters. The molecular formula is C12H10N4S2. The molecule has 0 bridgehead atoms. The molecule has 6 heteroatoms. The van der Waals surface area contributed by atoms with Crippen molar-refractivity contribution in [3.05, 3.63) is 51.6 Å². The molecular weight excluding hydrogens is 264 g/mol. The maximum absolute atomic E-state index is 5.27. The van der Waals surface area contributed by atoms with Crippen LogP contribution in [0.15, 0.2) is 41.9 Å². The molecule has 18 heavy (non-hydrogen) atoms. The molecule has 0 radical (unpaired) electrons. The van der Waals surface area contributed by atoms with Gasteiger partial charge in [0.15, 0.2) is 10.6 Å². The maximum atomic E-state index is 5.27. The molecule has 0 aromatic carbocycles. The fraction of sp³-hybridized carbons (Fsp3) is 0.0833. The topological polar surface area (TPSA) is 46.5 Å². The van der Waals surface area contributed by atoms with Crippen LogP contribution >= 0.6 is 23.6 Å². The zero-order valence-corrected chi connectivity index (χ0v) is 11.0. The van der Waals surface area contributed by atoms with Gasteiger partial charge in [0.25, 0.3) is 0 Å². The van der Waals surface area contributed by atoms with E-state index in [1.54, 1.807) is 17.5 Å². The van der Waals surface area contributed by atoms with Gasteiger partial charge >= 0.3 is 0 Å². The number of thiophene rings is 1. The van der Waals surface area contributed by atoms with Gasteiger partial charge in [-0.2, -0.15) is 5.10 Å². The normalized spacial score (nSPS) is 10.7. The first-order valence-corrected chi connectivity index (χ1v) is 6.72. The highest BCUT2D eigenvalue weighted by Crippen LogP contribution is 2.17. The van der Waals surface area contributed by atoms with Crippen molar-refractivity contribution in [2.24, 2.45) is 0 Å². The van der Waals surface area contributed by atoms with E-state index in [1.165, 1.54) is 4.88 Å². The van der Waals surface area contributed by atoms with Crippen LogP contribution in [0.25, 0.3) is 11.5 Å². The lowest BCUT2D eigenvalue weighted by Gasteiger charge is -2.04. The summed E-state index contributed by atoms with van der Waals surface area (Å²) in [5.41, 5.74) is 0.821. The number of nitrogens with zero attached hydrogens (tertiary/aromatic N) is 3. The number of rotatable bonds is 3. The van der Waals surface area contributed by atoms with Crippen molar-refractivity contribution >= 4 is 23.6 Å². The summed E-state index contributed by atoms with van der Waals surface area (Å²) in [5.74, 6) is 0.772. The maximum Gasteiger partial charge on any atom is 0.195 e. The molecule has 3 aromatic heterocycles. The molecule has 0 aliphatic rings. The van der Waals surface area contributed by atoms with E-state index in [0.717, 1.165) is 18.1 Å². The van der Waals surface area contributed by atoms with E-state index < -0.39 is 0 Å². The van der Waals surface area contributed by atoms with Crippen LogP contribution in [-0.4, -0.2) is 19.7 Å². The van der Waals surface area contributed by atoms with Crippen molar-refractivity contribution in [2.45, 2.75) is 6.54 Å². The van der Waals surface area contributed by atoms with Crippen LogP contribution in [0.3, 0.4) is 0 Å². The second kappa shape index (κ2) is 4.83. The number of aromatic amines is 1. The first kappa shape index (κ1) is 11.3. The van der Waals surface area contributed by atoms with Crippen LogP contribution in [-0.2, 0) is 6.54 Å². The molecule has 0 unspecified atom stereocenters. The van der Waals surface area contributed by atoms with E-state index in [2.05, 4.69) is 26.6 Å². The zero-order chi connectivity index (χ0) is 12.4. The van der Waals surface area contributed by atoms with Crippen molar-refractivity contribution in [2.75, 3.05) is 0 Å². The molecule has 3 heterocycles. The minimum atomic E-state index is 0.615. The molecule has 3 aromatic rings. The van der Waals surface area contributed by atoms with E-state index in [4.69, 9.17) is 12.2 Å². The van der Waals surface area contributed by atoms with Gasteiger partial charge in [-0.25, -0.2) is 0 Å². The summed E-state index contributed by atoms with van der Waals surface area (Å²) in [5, 5.41) is 9.14. The molecule has 0 saturated heterocycles. The predicted molar refractivity (Wildman–Crippen MR) is 74.1 cm³/mol. The minimum absolute atomic E-state index is 0.615. The van der Waals surface area contributed by atoms with Gasteiger partial charge in [0.05, 0.1) is 6.54 Å². The quantitative estimate of drug-likeness (QED) is 0.746. The molecule has 3 rings (SSSR count). The van der Waals surface area contributed by atoms with Crippen molar-refractivity contribution in [1.29, 1.82) is 0 Å². The Labute approximate surface area is 113 Å². The molecule has 0 aliphatic heterocycles. The highest BCUT2D eigenvalue weighted by atomic mass is 32.1. The number of nitrogens with one attached hydrogen (secondary N) is 1. The molecule has 0 aliphatic carbocycles. The van der Waals surface area contributed by atoms with Crippen LogP contribution in [0.5, 0.6) is 0 Å². The smallest absolute Gasteiger partial charge is 0.195 e. The summed E-state index contributed by atoms with van der Waals surface area (Å²) in [6.45, 7) is 0.721. The molecule has 0 saturated carbocycles. The highest BCUT2D eigenvalue weighted by Gasteiger charge is 2.10. The summed E-state index contributed by atoms with van der Waals surface area (Å²) in [4.78, 5) is 5.55. The summed E-state index contributed by atoms with van der Waals surface area (Å²) in [6, 6.07) is 9.87. The van der Waals surface area contributed by atoms with Gasteiger partial charge in [0.1, 0.15) is 5.69 Å². The third-order valence-corrected chi connectivity index (χ3v) is 3.72. The fourth-order valence-corrected chi connectivity index (χ4v) is 2.60. The fourth-order valence-electron chi connectivity index (χ4n) is 1.71. The van der Waals surface area contributed by atoms with Crippen molar-refractivity contribution in [3.63, 3.8) is 0 Å². The largest absolute Gasteiger partial charge is 0.294 e. The van der Waals surface area contributed by atoms with E-state index in [-0.39, 0.29) is 0 Å². The van der Waals surface area contributed by atoms with Crippen LogP contribution in [0.1, 0.15) is 4.88 Å². The first-order chi connectivity index (χ1) is 8.84. The molecule has 90 valence electrons. The molecule has 1 N–H and O–H groups in total. The Morgan fingerprint density at radius 1 is 1.28 bits per heavy atom. The van der Waals surface area contributed by atoms with Crippen LogP contribution in [0, 0.1) is 4.77 Å². The second-order valence-electron chi connectivity index (χ2n) is 3.73. The van der Waals surface area contributed by atoms with Crippen LogP contribution in [0.4, 0.5) is 0 Å². The van der Waals surface area contributed by atoms with Gasteiger partial charge in [-0.3, -0.25) is 14.6 Å². The van der Waals surface area contributed by atoms with Crippen LogP contribution in [0.2, 0.25) is 0 Å². The number of H-pyrrole nitrogens is 1. The van der Waals surface area contributed by atoms with Crippen molar-refractivity contribution in [3.8, 4) is 11.5 Å². The molecule has 0 fully saturated rings. The van der Waals surface area contributed by atoms with Gasteiger partial charge in [-0.05, 0) is 35.8 Å².